The predicted molar refractivity (Wildman–Crippen MR) is 123 cm³/mol. The minimum absolute atomic E-state index is 0.606. The summed E-state index contributed by atoms with van der Waals surface area (Å²) in [6, 6.07) is 7.56. The molecule has 0 radical (unpaired) electrons. The van der Waals surface area contributed by atoms with Gasteiger partial charge in [-0.2, -0.15) is 5.10 Å². The highest BCUT2D eigenvalue weighted by Gasteiger charge is 2.22. The number of fused-ring (bicyclic) bond motifs is 1. The number of hydrogen-bond donors (Lipinski definition) is 1. The number of rotatable bonds is 6. The van der Waals surface area contributed by atoms with Gasteiger partial charge < -0.3 is 23.7 Å². The lowest BCUT2D eigenvalue weighted by Gasteiger charge is -2.36. The molecule has 0 bridgehead atoms. The van der Waals surface area contributed by atoms with Crippen LogP contribution in [0.2, 0.25) is 0 Å². The van der Waals surface area contributed by atoms with Crippen LogP contribution in [0.15, 0.2) is 46.4 Å². The molecule has 3 heterocycles. The van der Waals surface area contributed by atoms with Crippen molar-refractivity contribution < 1.29 is 13.9 Å². The van der Waals surface area contributed by atoms with Crippen LogP contribution < -0.4 is 19.8 Å². The summed E-state index contributed by atoms with van der Waals surface area (Å²) in [6.45, 7) is 3.08. The van der Waals surface area contributed by atoms with Crippen LogP contribution in [-0.2, 0) is 6.42 Å². The Kier molecular flexibility index (Phi) is 6.46. The fourth-order valence-electron chi connectivity index (χ4n) is 3.48. The van der Waals surface area contributed by atoms with E-state index < -0.39 is 0 Å². The largest absolute Gasteiger partial charge is 0.493 e. The first-order valence-corrected chi connectivity index (χ1v) is 10.3. The van der Waals surface area contributed by atoms with Gasteiger partial charge in [0.05, 0.1) is 26.0 Å². The third-order valence-electron chi connectivity index (χ3n) is 5.11. The van der Waals surface area contributed by atoms with Gasteiger partial charge in [0.1, 0.15) is 17.9 Å². The third-order valence-corrected chi connectivity index (χ3v) is 5.46. The van der Waals surface area contributed by atoms with Crippen molar-refractivity contribution in [1.29, 1.82) is 0 Å². The van der Waals surface area contributed by atoms with Crippen LogP contribution in [0.3, 0.4) is 0 Å². The normalized spacial score (nSPS) is 14.3. The van der Waals surface area contributed by atoms with Crippen LogP contribution >= 0.6 is 12.2 Å². The summed E-state index contributed by atoms with van der Waals surface area (Å²) in [5.74, 6) is 3.04. The van der Waals surface area contributed by atoms with Gasteiger partial charge in [-0.15, -0.1) is 0 Å². The van der Waals surface area contributed by atoms with Crippen molar-refractivity contribution in [2.45, 2.75) is 6.42 Å². The Bertz CT molecular complexity index is 1060. The van der Waals surface area contributed by atoms with Gasteiger partial charge in [0.25, 0.3) is 0 Å². The fourth-order valence-corrected chi connectivity index (χ4v) is 3.71. The van der Waals surface area contributed by atoms with Gasteiger partial charge in [-0.3, -0.25) is 5.43 Å². The van der Waals surface area contributed by atoms with E-state index in [1.54, 1.807) is 33.0 Å². The molecule has 10 heteroatoms. The minimum Gasteiger partial charge on any atom is -0.493 e. The Labute approximate surface area is 185 Å². The minimum atomic E-state index is 0.606. The zero-order chi connectivity index (χ0) is 21.6. The van der Waals surface area contributed by atoms with Crippen molar-refractivity contribution in [3.8, 4) is 11.5 Å². The summed E-state index contributed by atoms with van der Waals surface area (Å²) >= 11 is 5.48. The maximum atomic E-state index is 5.48. The van der Waals surface area contributed by atoms with Crippen molar-refractivity contribution in [3.63, 3.8) is 0 Å². The van der Waals surface area contributed by atoms with Crippen molar-refractivity contribution in [1.82, 2.24) is 20.3 Å². The highest BCUT2D eigenvalue weighted by Crippen LogP contribution is 2.34. The summed E-state index contributed by atoms with van der Waals surface area (Å²) in [4.78, 5) is 13.3. The fraction of sp³-hybridized carbons (Fsp3) is 0.333. The van der Waals surface area contributed by atoms with Crippen molar-refractivity contribution in [2.75, 3.05) is 45.3 Å². The lowest BCUT2D eigenvalue weighted by Crippen LogP contribution is -2.51. The van der Waals surface area contributed by atoms with Gasteiger partial charge in [0, 0.05) is 50.3 Å². The SMILES string of the molecule is COc1cc2ncnc(N3CCN(C(=S)NN=CCc4ccco4)CC3)c2cc1OC. The number of benzene rings is 1. The standard InChI is InChI=1S/C21H24N6O3S/c1-28-18-12-16-17(13-19(18)29-2)22-14-23-20(16)26-7-9-27(10-8-26)21(31)25-24-6-5-15-4-3-11-30-15/h3-4,6,11-14H,5,7-10H2,1-2H3,(H,25,31). The predicted octanol–water partition coefficient (Wildman–Crippen LogP) is 2.47. The van der Waals surface area contributed by atoms with Gasteiger partial charge in [-0.05, 0) is 30.4 Å². The maximum absolute atomic E-state index is 5.48. The van der Waals surface area contributed by atoms with Gasteiger partial charge >= 0.3 is 0 Å². The number of nitrogens with one attached hydrogen (secondary N) is 1. The smallest absolute Gasteiger partial charge is 0.189 e. The van der Waals surface area contributed by atoms with Crippen LogP contribution in [0.25, 0.3) is 10.9 Å². The van der Waals surface area contributed by atoms with E-state index >= 15 is 0 Å². The molecule has 0 spiro atoms. The first kappa shape index (κ1) is 20.9. The Morgan fingerprint density at radius 2 is 1.97 bits per heavy atom. The Morgan fingerprint density at radius 3 is 2.68 bits per heavy atom. The molecule has 31 heavy (non-hydrogen) atoms. The number of ether oxygens (including phenoxy) is 2. The number of aromatic nitrogens is 2. The number of furan rings is 1. The highest BCUT2D eigenvalue weighted by atomic mass is 32.1. The van der Waals surface area contributed by atoms with Crippen LogP contribution in [-0.4, -0.2) is 66.6 Å². The molecule has 1 aliphatic heterocycles. The molecule has 0 atom stereocenters. The van der Waals surface area contributed by atoms with E-state index in [0.29, 0.717) is 23.0 Å². The molecule has 0 unspecified atom stereocenters. The molecule has 1 N–H and O–H groups in total. The van der Waals surface area contributed by atoms with Gasteiger partial charge in [-0.25, -0.2) is 9.97 Å². The molecule has 3 aromatic rings. The molecule has 1 saturated heterocycles. The number of methoxy groups -OCH3 is 2. The monoisotopic (exact) mass is 440 g/mol. The summed E-state index contributed by atoms with van der Waals surface area (Å²) in [6.07, 6.45) is 5.59. The second-order valence-electron chi connectivity index (χ2n) is 6.91. The average molecular weight is 441 g/mol. The molecular formula is C21H24N6O3S. The number of hydrazone groups is 1. The zero-order valence-corrected chi connectivity index (χ0v) is 18.3. The maximum Gasteiger partial charge on any atom is 0.189 e. The number of anilines is 1. The summed E-state index contributed by atoms with van der Waals surface area (Å²) in [5, 5.41) is 5.73. The number of thiocarbonyl (C=S) groups is 1. The number of piperazine rings is 1. The molecule has 1 aromatic carbocycles. The van der Waals surface area contributed by atoms with E-state index in [9.17, 15) is 0 Å². The molecule has 9 nitrogen and oxygen atoms in total. The summed E-state index contributed by atoms with van der Waals surface area (Å²) in [7, 11) is 3.24. The Hall–Kier alpha value is -3.40. The molecule has 162 valence electrons. The second kappa shape index (κ2) is 9.61. The lowest BCUT2D eigenvalue weighted by atomic mass is 10.2. The lowest BCUT2D eigenvalue weighted by molar-refractivity contribution is 0.355. The van der Waals surface area contributed by atoms with E-state index in [2.05, 4.69) is 30.3 Å². The van der Waals surface area contributed by atoms with Gasteiger partial charge in [0.2, 0.25) is 0 Å². The Balaban J connectivity index is 1.38. The van der Waals surface area contributed by atoms with E-state index in [1.165, 1.54) is 0 Å². The van der Waals surface area contributed by atoms with Crippen LogP contribution in [0.4, 0.5) is 5.82 Å². The molecule has 0 aliphatic carbocycles. The molecule has 1 aliphatic rings. The van der Waals surface area contributed by atoms with Crippen molar-refractivity contribution in [3.05, 3.63) is 42.6 Å². The molecule has 0 saturated carbocycles. The molecule has 2 aromatic heterocycles. The molecule has 1 fully saturated rings. The van der Waals surface area contributed by atoms with Crippen LogP contribution in [0.5, 0.6) is 11.5 Å². The van der Waals surface area contributed by atoms with E-state index in [4.69, 9.17) is 26.1 Å². The molecule has 4 rings (SSSR count). The molecular weight excluding hydrogens is 416 g/mol. The van der Waals surface area contributed by atoms with E-state index in [-0.39, 0.29) is 0 Å². The average Bonchev–Trinajstić information content (AvgIpc) is 3.34. The Morgan fingerprint density at radius 1 is 1.19 bits per heavy atom. The first-order valence-electron chi connectivity index (χ1n) is 9.90. The van der Waals surface area contributed by atoms with Crippen molar-refractivity contribution in [2.24, 2.45) is 5.10 Å². The third kappa shape index (κ3) is 4.69. The van der Waals surface area contributed by atoms with Crippen LogP contribution in [0, 0.1) is 0 Å². The quantitative estimate of drug-likeness (QED) is 0.353. The van der Waals surface area contributed by atoms with Gasteiger partial charge in [-0.1, -0.05) is 0 Å². The van der Waals surface area contributed by atoms with E-state index in [0.717, 1.165) is 48.7 Å². The number of hydrogen-bond acceptors (Lipinski definition) is 8. The topological polar surface area (TPSA) is 88.3 Å². The first-order chi connectivity index (χ1) is 15.2. The summed E-state index contributed by atoms with van der Waals surface area (Å²) in [5.41, 5.74) is 3.75. The second-order valence-corrected chi connectivity index (χ2v) is 7.29. The summed E-state index contributed by atoms with van der Waals surface area (Å²) < 4.78 is 16.1. The number of nitrogens with zero attached hydrogens (tertiary/aromatic N) is 5. The van der Waals surface area contributed by atoms with Crippen molar-refractivity contribution >= 4 is 40.3 Å². The highest BCUT2D eigenvalue weighted by molar-refractivity contribution is 7.80. The van der Waals surface area contributed by atoms with Gasteiger partial charge in [0.15, 0.2) is 16.6 Å². The zero-order valence-electron chi connectivity index (χ0n) is 17.4. The molecule has 0 amide bonds. The van der Waals surface area contributed by atoms with E-state index in [1.807, 2.05) is 24.3 Å². The van der Waals surface area contributed by atoms with Crippen LogP contribution in [0.1, 0.15) is 5.76 Å².